The van der Waals surface area contributed by atoms with Gasteiger partial charge in [0.2, 0.25) is 0 Å². The van der Waals surface area contributed by atoms with Crippen LogP contribution in [0, 0.1) is 11.3 Å². The number of piperidine rings is 1. The van der Waals surface area contributed by atoms with Gasteiger partial charge >= 0.3 is 6.18 Å². The molecule has 246 valence electrons. The van der Waals surface area contributed by atoms with Crippen molar-refractivity contribution in [2.75, 3.05) is 43.2 Å². The number of likely N-dealkylation sites (tertiary alicyclic amines) is 1. The number of rotatable bonds is 8. The van der Waals surface area contributed by atoms with E-state index in [9.17, 15) is 22.8 Å². The molecule has 10 nitrogen and oxygen atoms in total. The quantitative estimate of drug-likeness (QED) is 0.152. The SMILES string of the molecule is COc1cc(NC(=O)c2cccc(OC3CCN(C)CC3)c2C(F)(F)F)cc(Nc2ccc3c(c2)NC(=O)C3=Cc2cc(C#N)c[nH]2)c1. The molecule has 0 unspecified atom stereocenters. The van der Waals surface area contributed by atoms with Crippen LogP contribution in [0.4, 0.5) is 35.9 Å². The van der Waals surface area contributed by atoms with Gasteiger partial charge in [-0.25, -0.2) is 0 Å². The maximum absolute atomic E-state index is 14.4. The summed E-state index contributed by atoms with van der Waals surface area (Å²) in [6.45, 7) is 1.41. The highest BCUT2D eigenvalue weighted by Crippen LogP contribution is 2.41. The summed E-state index contributed by atoms with van der Waals surface area (Å²) in [5.74, 6) is -1.30. The fourth-order valence-electron chi connectivity index (χ4n) is 5.75. The molecule has 0 radical (unpaired) electrons. The molecular formula is C35H31F3N6O4. The van der Waals surface area contributed by atoms with Crippen molar-refractivity contribution < 1.29 is 32.2 Å². The average molecular weight is 657 g/mol. The molecule has 0 spiro atoms. The Morgan fingerprint density at radius 1 is 1.06 bits per heavy atom. The van der Waals surface area contributed by atoms with Crippen LogP contribution in [0.15, 0.2) is 66.9 Å². The molecule has 2 aliphatic heterocycles. The van der Waals surface area contributed by atoms with E-state index in [1.54, 1.807) is 48.7 Å². The topological polar surface area (TPSA) is 132 Å². The molecule has 2 aliphatic rings. The van der Waals surface area contributed by atoms with Gasteiger partial charge in [0.05, 0.1) is 29.5 Å². The predicted octanol–water partition coefficient (Wildman–Crippen LogP) is 6.88. The van der Waals surface area contributed by atoms with Gasteiger partial charge < -0.3 is 35.3 Å². The smallest absolute Gasteiger partial charge is 0.420 e. The number of carbonyl (C=O) groups is 2. The van der Waals surface area contributed by atoms with Gasteiger partial charge in [-0.15, -0.1) is 0 Å². The van der Waals surface area contributed by atoms with E-state index in [4.69, 9.17) is 14.7 Å². The number of carbonyl (C=O) groups excluding carboxylic acids is 2. The van der Waals surface area contributed by atoms with Crippen LogP contribution in [0.3, 0.4) is 0 Å². The van der Waals surface area contributed by atoms with Gasteiger partial charge in [0.25, 0.3) is 11.8 Å². The van der Waals surface area contributed by atoms with Gasteiger partial charge in [-0.1, -0.05) is 12.1 Å². The minimum absolute atomic E-state index is 0.194. The molecule has 0 atom stereocenters. The van der Waals surface area contributed by atoms with Crippen LogP contribution in [0.1, 0.15) is 45.6 Å². The van der Waals surface area contributed by atoms with Gasteiger partial charge in [-0.3, -0.25) is 9.59 Å². The Morgan fingerprint density at radius 3 is 2.54 bits per heavy atom. The number of alkyl halides is 3. The third-order valence-electron chi connectivity index (χ3n) is 8.14. The zero-order valence-electron chi connectivity index (χ0n) is 26.0. The number of aromatic amines is 1. The standard InChI is InChI=1S/C35H31F3N6O4/c1-44-10-8-25(9-11-44)48-31-5-3-4-28(32(31)35(36,37)38)33(45)42-24-13-23(14-26(15-24)47-2)41-21-6-7-27-29(34(46)43-30(27)17-21)16-22-12-20(18-39)19-40-22/h3-7,12-17,19,25,40-41H,8-11H2,1-2H3,(H,42,45)(H,43,46). The highest BCUT2D eigenvalue weighted by Gasteiger charge is 2.39. The number of benzene rings is 3. The van der Waals surface area contributed by atoms with Crippen molar-refractivity contribution in [3.8, 4) is 17.6 Å². The number of nitrogens with one attached hydrogen (secondary N) is 4. The molecule has 1 fully saturated rings. The van der Waals surface area contributed by atoms with Crippen molar-refractivity contribution in [3.63, 3.8) is 0 Å². The maximum atomic E-state index is 14.4. The number of aromatic nitrogens is 1. The third kappa shape index (κ3) is 6.98. The second kappa shape index (κ2) is 13.2. The van der Waals surface area contributed by atoms with E-state index < -0.39 is 23.2 Å². The zero-order chi connectivity index (χ0) is 34.0. The molecule has 1 aromatic heterocycles. The maximum Gasteiger partial charge on any atom is 0.420 e. The van der Waals surface area contributed by atoms with Crippen LogP contribution in [0.25, 0.3) is 11.6 Å². The lowest BCUT2D eigenvalue weighted by molar-refractivity contribution is -0.139. The summed E-state index contributed by atoms with van der Waals surface area (Å²) in [4.78, 5) is 31.1. The van der Waals surface area contributed by atoms with E-state index in [2.05, 4.69) is 25.8 Å². The fraction of sp³-hybridized carbons (Fsp3) is 0.229. The van der Waals surface area contributed by atoms with E-state index in [-0.39, 0.29) is 23.4 Å². The number of H-pyrrole nitrogens is 1. The Kier molecular flexibility index (Phi) is 8.84. The van der Waals surface area contributed by atoms with Crippen molar-refractivity contribution in [1.82, 2.24) is 9.88 Å². The van der Waals surface area contributed by atoms with Crippen LogP contribution in [0.5, 0.6) is 11.5 Å². The molecule has 3 aromatic carbocycles. The Labute approximate surface area is 274 Å². The first-order valence-electron chi connectivity index (χ1n) is 15.1. The van der Waals surface area contributed by atoms with Gasteiger partial charge in [-0.05, 0) is 62.4 Å². The summed E-state index contributed by atoms with van der Waals surface area (Å²) >= 11 is 0. The van der Waals surface area contributed by atoms with Crippen LogP contribution >= 0.6 is 0 Å². The van der Waals surface area contributed by atoms with Crippen LogP contribution in [0.2, 0.25) is 0 Å². The second-order valence-electron chi connectivity index (χ2n) is 11.6. The largest absolute Gasteiger partial charge is 0.497 e. The first kappa shape index (κ1) is 32.2. The minimum Gasteiger partial charge on any atom is -0.497 e. The first-order chi connectivity index (χ1) is 23.0. The van der Waals surface area contributed by atoms with Crippen molar-refractivity contribution >= 4 is 46.2 Å². The summed E-state index contributed by atoms with van der Waals surface area (Å²) < 4.78 is 54.3. The van der Waals surface area contributed by atoms with Crippen LogP contribution in [-0.2, 0) is 11.0 Å². The molecular weight excluding hydrogens is 625 g/mol. The Bertz CT molecular complexity index is 1950. The number of hydrogen-bond donors (Lipinski definition) is 4. The number of amides is 2. The number of nitriles is 1. The molecule has 4 aromatic rings. The molecule has 4 N–H and O–H groups in total. The van der Waals surface area contributed by atoms with E-state index in [0.717, 1.165) is 6.07 Å². The van der Waals surface area contributed by atoms with Crippen molar-refractivity contribution in [2.24, 2.45) is 0 Å². The fourth-order valence-corrected chi connectivity index (χ4v) is 5.75. The molecule has 1 saturated heterocycles. The van der Waals surface area contributed by atoms with Crippen LogP contribution < -0.4 is 25.4 Å². The number of anilines is 4. The number of methoxy groups -OCH3 is 1. The molecule has 0 saturated carbocycles. The lowest BCUT2D eigenvalue weighted by atomic mass is 10.0. The number of fused-ring (bicyclic) bond motifs is 1. The van der Waals surface area contributed by atoms with E-state index in [0.29, 0.717) is 71.1 Å². The zero-order valence-corrected chi connectivity index (χ0v) is 26.0. The summed E-state index contributed by atoms with van der Waals surface area (Å²) in [6.07, 6.45) is -0.858. The highest BCUT2D eigenvalue weighted by atomic mass is 19.4. The molecule has 13 heteroatoms. The van der Waals surface area contributed by atoms with E-state index in [1.807, 2.05) is 13.1 Å². The van der Waals surface area contributed by atoms with Crippen molar-refractivity contribution in [2.45, 2.75) is 25.1 Å². The monoisotopic (exact) mass is 656 g/mol. The third-order valence-corrected chi connectivity index (χ3v) is 8.14. The second-order valence-corrected chi connectivity index (χ2v) is 11.6. The van der Waals surface area contributed by atoms with Crippen LogP contribution in [-0.4, -0.2) is 55.0 Å². The average Bonchev–Trinajstić information content (AvgIpc) is 3.64. The van der Waals surface area contributed by atoms with Gasteiger partial charge in [0.15, 0.2) is 0 Å². The van der Waals surface area contributed by atoms with Crippen molar-refractivity contribution in [1.29, 1.82) is 5.26 Å². The molecule has 0 aliphatic carbocycles. The number of hydrogen-bond acceptors (Lipinski definition) is 7. The summed E-state index contributed by atoms with van der Waals surface area (Å²) in [6, 6.07) is 17.4. The number of nitrogens with zero attached hydrogens (tertiary/aromatic N) is 2. The van der Waals surface area contributed by atoms with Crippen molar-refractivity contribution in [3.05, 3.63) is 94.8 Å². The number of ether oxygens (including phenoxy) is 2. The normalized spacial score (nSPS) is 15.8. The van der Waals surface area contributed by atoms with Gasteiger partial charge in [-0.2, -0.15) is 18.4 Å². The van der Waals surface area contributed by atoms with Gasteiger partial charge in [0, 0.05) is 59.7 Å². The predicted molar refractivity (Wildman–Crippen MR) is 175 cm³/mol. The molecule has 2 amide bonds. The Hall–Kier alpha value is -5.74. The first-order valence-corrected chi connectivity index (χ1v) is 15.1. The highest BCUT2D eigenvalue weighted by molar-refractivity contribution is 6.35. The Morgan fingerprint density at radius 2 is 1.83 bits per heavy atom. The summed E-state index contributed by atoms with van der Waals surface area (Å²) in [5, 5.41) is 17.7. The number of halogens is 3. The lowest BCUT2D eigenvalue weighted by Crippen LogP contribution is -2.36. The molecule has 6 rings (SSSR count). The molecule has 0 bridgehead atoms. The van der Waals surface area contributed by atoms with E-state index in [1.165, 1.54) is 25.3 Å². The van der Waals surface area contributed by atoms with E-state index >= 15 is 0 Å². The molecule has 48 heavy (non-hydrogen) atoms. The minimum atomic E-state index is -4.84. The Balaban J connectivity index is 1.23. The summed E-state index contributed by atoms with van der Waals surface area (Å²) in [5.41, 5.74) is 2.26. The lowest BCUT2D eigenvalue weighted by Gasteiger charge is -2.30. The molecule has 3 heterocycles. The van der Waals surface area contributed by atoms with Gasteiger partial charge in [0.1, 0.15) is 29.2 Å². The summed E-state index contributed by atoms with van der Waals surface area (Å²) in [7, 11) is 3.37.